The van der Waals surface area contributed by atoms with E-state index in [-0.39, 0.29) is 23.8 Å². The third kappa shape index (κ3) is 4.63. The van der Waals surface area contributed by atoms with Gasteiger partial charge in [0.15, 0.2) is 0 Å². The third-order valence-corrected chi connectivity index (χ3v) is 9.81. The summed E-state index contributed by atoms with van der Waals surface area (Å²) in [5, 5.41) is 6.81. The summed E-state index contributed by atoms with van der Waals surface area (Å²) < 4.78 is 6.48. The largest absolute Gasteiger partial charge is 0.359 e. The van der Waals surface area contributed by atoms with Crippen molar-refractivity contribution in [3.05, 3.63) is 77.3 Å². The van der Waals surface area contributed by atoms with E-state index in [0.29, 0.717) is 35.5 Å². The number of anilines is 1. The summed E-state index contributed by atoms with van der Waals surface area (Å²) in [7, 11) is 0. The summed E-state index contributed by atoms with van der Waals surface area (Å²) in [6.07, 6.45) is 6.89. The first kappa shape index (κ1) is 27.0. The summed E-state index contributed by atoms with van der Waals surface area (Å²) in [6, 6.07) is 16.0. The van der Waals surface area contributed by atoms with Crippen molar-refractivity contribution in [2.24, 2.45) is 23.7 Å². The zero-order valence-electron chi connectivity index (χ0n) is 22.9. The Hall–Kier alpha value is -3.16. The Bertz CT molecular complexity index is 1320. The second-order valence-electron chi connectivity index (χ2n) is 11.8. The highest BCUT2D eigenvalue weighted by Crippen LogP contribution is 2.55. The van der Waals surface area contributed by atoms with Gasteiger partial charge in [-0.15, -0.1) is 0 Å². The first-order chi connectivity index (χ1) is 19.3. The highest BCUT2D eigenvalue weighted by Gasteiger charge is 2.72. The van der Waals surface area contributed by atoms with Crippen LogP contribution in [0, 0.1) is 23.7 Å². The molecule has 2 aromatic carbocycles. The summed E-state index contributed by atoms with van der Waals surface area (Å²) in [4.78, 5) is 43.6. The van der Waals surface area contributed by atoms with Crippen LogP contribution in [0.3, 0.4) is 0 Å². The predicted molar refractivity (Wildman–Crippen MR) is 154 cm³/mol. The minimum Gasteiger partial charge on any atom is -0.359 e. The van der Waals surface area contributed by atoms with Crippen LogP contribution in [0.2, 0.25) is 5.02 Å². The normalized spacial score (nSPS) is 34.1. The molecule has 2 N–H and O–H groups in total. The highest BCUT2D eigenvalue weighted by atomic mass is 35.5. The number of fused-ring (bicyclic) bond motifs is 1. The number of nitrogens with one attached hydrogen (secondary N) is 2. The van der Waals surface area contributed by atoms with Crippen LogP contribution in [0.5, 0.6) is 0 Å². The molecule has 2 bridgehead atoms. The van der Waals surface area contributed by atoms with Crippen molar-refractivity contribution in [1.82, 2.24) is 10.2 Å². The van der Waals surface area contributed by atoms with Gasteiger partial charge in [-0.25, -0.2) is 0 Å². The van der Waals surface area contributed by atoms with E-state index in [1.807, 2.05) is 42.5 Å². The fourth-order valence-corrected chi connectivity index (χ4v) is 7.33. The molecule has 3 heterocycles. The standard InChI is InChI=1S/C32H36ClN3O4/c1-19-7-6-10-24(20(19)2)35-30(38)28-32-17-15-25(40-32)26(29(37)34-23-13-11-22(33)12-14-23)27(32)31(39)36(28)18-16-21-8-4-3-5-9-21/h3-5,8-9,11-15,17,19-20,24-28H,6-7,10,16,18H2,1-2H3,(H,34,37)(H,35,38)/t19-,20-,24+,25+,26+,27+,28+,32+/m1/s1. The highest BCUT2D eigenvalue weighted by molar-refractivity contribution is 6.30. The van der Waals surface area contributed by atoms with Crippen LogP contribution in [0.1, 0.15) is 38.7 Å². The molecule has 2 saturated heterocycles. The van der Waals surface area contributed by atoms with E-state index in [2.05, 4.69) is 24.5 Å². The topological polar surface area (TPSA) is 87.7 Å². The van der Waals surface area contributed by atoms with Gasteiger partial charge < -0.3 is 20.3 Å². The second kappa shape index (κ2) is 10.7. The molecule has 8 heteroatoms. The number of ether oxygens (including phenoxy) is 1. The van der Waals surface area contributed by atoms with E-state index in [1.54, 1.807) is 29.2 Å². The number of likely N-dealkylation sites (tertiary alicyclic amines) is 1. The molecule has 1 aliphatic carbocycles. The Kier molecular flexibility index (Phi) is 7.21. The minimum absolute atomic E-state index is 0.0457. The molecule has 6 rings (SSSR count). The van der Waals surface area contributed by atoms with Crippen LogP contribution in [0.15, 0.2) is 66.7 Å². The van der Waals surface area contributed by atoms with Crippen LogP contribution in [0.4, 0.5) is 5.69 Å². The lowest BCUT2D eigenvalue weighted by molar-refractivity contribution is -0.141. The Balaban J connectivity index is 1.29. The first-order valence-corrected chi connectivity index (χ1v) is 14.7. The van der Waals surface area contributed by atoms with E-state index in [4.69, 9.17) is 16.3 Å². The Morgan fingerprint density at radius 2 is 1.80 bits per heavy atom. The van der Waals surface area contributed by atoms with Crippen molar-refractivity contribution in [2.45, 2.75) is 63.3 Å². The smallest absolute Gasteiger partial charge is 0.246 e. The molecule has 1 spiro atoms. The molecule has 0 radical (unpaired) electrons. The summed E-state index contributed by atoms with van der Waals surface area (Å²) >= 11 is 6.01. The van der Waals surface area contributed by atoms with Crippen molar-refractivity contribution in [3.8, 4) is 0 Å². The first-order valence-electron chi connectivity index (χ1n) is 14.4. The maximum Gasteiger partial charge on any atom is 0.246 e. The lowest BCUT2D eigenvalue weighted by Gasteiger charge is -2.38. The summed E-state index contributed by atoms with van der Waals surface area (Å²) in [6.45, 7) is 4.79. The SMILES string of the molecule is C[C@@H]1[C@H](C)CCC[C@@H]1NC(=O)[C@@H]1N(CCc2ccccc2)C(=O)[C@@H]2[C@@H](C(=O)Nc3ccc(Cl)cc3)[C@@H]3C=C[C@]21O3. The van der Waals surface area contributed by atoms with Gasteiger partial charge in [-0.2, -0.15) is 0 Å². The van der Waals surface area contributed by atoms with E-state index in [9.17, 15) is 14.4 Å². The average molecular weight is 562 g/mol. The zero-order chi connectivity index (χ0) is 28.0. The number of rotatable bonds is 7. The second-order valence-corrected chi connectivity index (χ2v) is 12.3. The van der Waals surface area contributed by atoms with Gasteiger partial charge in [-0.1, -0.05) is 80.8 Å². The van der Waals surface area contributed by atoms with Gasteiger partial charge in [-0.05, 0) is 54.5 Å². The number of carbonyl (C=O) groups is 3. The number of nitrogens with zero attached hydrogens (tertiary/aromatic N) is 1. The monoisotopic (exact) mass is 561 g/mol. The van der Waals surface area contributed by atoms with Crippen molar-refractivity contribution in [2.75, 3.05) is 11.9 Å². The molecule has 40 heavy (non-hydrogen) atoms. The molecule has 0 unspecified atom stereocenters. The van der Waals surface area contributed by atoms with Crippen LogP contribution in [-0.2, 0) is 25.5 Å². The van der Waals surface area contributed by atoms with Gasteiger partial charge in [0, 0.05) is 23.3 Å². The average Bonchev–Trinajstić information content (AvgIpc) is 3.59. The van der Waals surface area contributed by atoms with E-state index >= 15 is 0 Å². The molecular formula is C32H36ClN3O4. The lowest BCUT2D eigenvalue weighted by Crippen LogP contribution is -2.58. The van der Waals surface area contributed by atoms with Crippen LogP contribution >= 0.6 is 11.6 Å². The Morgan fingerprint density at radius 3 is 2.55 bits per heavy atom. The number of benzene rings is 2. The van der Waals surface area contributed by atoms with Gasteiger partial charge in [-0.3, -0.25) is 14.4 Å². The Morgan fingerprint density at radius 1 is 1.05 bits per heavy atom. The van der Waals surface area contributed by atoms with Crippen LogP contribution < -0.4 is 10.6 Å². The molecular weight excluding hydrogens is 526 g/mol. The number of amides is 3. The fraction of sp³-hybridized carbons (Fsp3) is 0.469. The van der Waals surface area contributed by atoms with Gasteiger partial charge in [0.1, 0.15) is 11.6 Å². The number of hydrogen-bond donors (Lipinski definition) is 2. The Labute approximate surface area is 240 Å². The van der Waals surface area contributed by atoms with Crippen molar-refractivity contribution < 1.29 is 19.1 Å². The number of halogens is 1. The quantitative estimate of drug-likeness (QED) is 0.483. The molecule has 3 amide bonds. The van der Waals surface area contributed by atoms with Crippen LogP contribution in [0.25, 0.3) is 0 Å². The molecule has 1 saturated carbocycles. The van der Waals surface area contributed by atoms with E-state index in [0.717, 1.165) is 24.8 Å². The molecule has 8 atom stereocenters. The van der Waals surface area contributed by atoms with Gasteiger partial charge in [0.2, 0.25) is 17.7 Å². The molecule has 3 aliphatic heterocycles. The predicted octanol–water partition coefficient (Wildman–Crippen LogP) is 4.61. The minimum atomic E-state index is -1.17. The summed E-state index contributed by atoms with van der Waals surface area (Å²) in [5.41, 5.74) is 0.501. The lowest BCUT2D eigenvalue weighted by atomic mass is 9.73. The van der Waals surface area contributed by atoms with E-state index < -0.39 is 29.6 Å². The number of carbonyl (C=O) groups excluding carboxylic acids is 3. The molecule has 7 nitrogen and oxygen atoms in total. The molecule has 210 valence electrons. The maximum absolute atomic E-state index is 14.2. The van der Waals surface area contributed by atoms with Gasteiger partial charge in [0.25, 0.3) is 0 Å². The summed E-state index contributed by atoms with van der Waals surface area (Å²) in [5.74, 6) is -1.35. The fourth-order valence-electron chi connectivity index (χ4n) is 7.21. The zero-order valence-corrected chi connectivity index (χ0v) is 23.6. The van der Waals surface area contributed by atoms with Gasteiger partial charge >= 0.3 is 0 Å². The van der Waals surface area contributed by atoms with Gasteiger partial charge in [0.05, 0.1) is 17.9 Å². The molecule has 0 aromatic heterocycles. The maximum atomic E-state index is 14.2. The van der Waals surface area contributed by atoms with Crippen molar-refractivity contribution >= 4 is 35.0 Å². The van der Waals surface area contributed by atoms with E-state index in [1.165, 1.54) is 0 Å². The van der Waals surface area contributed by atoms with Crippen LogP contribution in [-0.4, -0.2) is 53.0 Å². The van der Waals surface area contributed by atoms with Crippen molar-refractivity contribution in [3.63, 3.8) is 0 Å². The number of hydrogen-bond acceptors (Lipinski definition) is 4. The van der Waals surface area contributed by atoms with Crippen molar-refractivity contribution in [1.29, 1.82) is 0 Å². The third-order valence-electron chi connectivity index (χ3n) is 9.56. The molecule has 3 fully saturated rings. The molecule has 4 aliphatic rings. The molecule has 2 aromatic rings.